The lowest BCUT2D eigenvalue weighted by Gasteiger charge is -2.23. The fourth-order valence-electron chi connectivity index (χ4n) is 3.90. The second-order valence-electron chi connectivity index (χ2n) is 6.41. The molecular formula is C16H19N3OS. The first-order valence-corrected chi connectivity index (χ1v) is 8.80. The van der Waals surface area contributed by atoms with Crippen molar-refractivity contribution in [3.8, 4) is 0 Å². The highest BCUT2D eigenvalue weighted by Gasteiger charge is 2.53. The first-order valence-electron chi connectivity index (χ1n) is 7.57. The van der Waals surface area contributed by atoms with Crippen LogP contribution in [0.25, 0.3) is 11.0 Å². The minimum atomic E-state index is 0.131. The molecule has 2 aliphatic rings. The van der Waals surface area contributed by atoms with Crippen LogP contribution >= 0.6 is 11.8 Å². The van der Waals surface area contributed by atoms with E-state index in [0.29, 0.717) is 11.5 Å². The van der Waals surface area contributed by atoms with Gasteiger partial charge in [-0.15, -0.1) is 0 Å². The van der Waals surface area contributed by atoms with Crippen molar-refractivity contribution >= 4 is 22.8 Å². The molecule has 2 aromatic heterocycles. The first kappa shape index (κ1) is 13.3. The molecule has 1 unspecified atom stereocenters. The lowest BCUT2D eigenvalue weighted by molar-refractivity contribution is 0.357. The van der Waals surface area contributed by atoms with Gasteiger partial charge < -0.3 is 0 Å². The summed E-state index contributed by atoms with van der Waals surface area (Å²) in [6.45, 7) is 1.90. The Morgan fingerprint density at radius 1 is 1.38 bits per heavy atom. The summed E-state index contributed by atoms with van der Waals surface area (Å²) >= 11 is 1.52. The van der Waals surface area contributed by atoms with E-state index in [4.69, 9.17) is 0 Å². The smallest absolute Gasteiger partial charge is 0.255 e. The largest absolute Gasteiger partial charge is 0.289 e. The van der Waals surface area contributed by atoms with Gasteiger partial charge in [-0.25, -0.2) is 9.97 Å². The van der Waals surface area contributed by atoms with Gasteiger partial charge in [-0.05, 0) is 50.3 Å². The maximum atomic E-state index is 12.8. The molecule has 0 N–H and O–H groups in total. The minimum Gasteiger partial charge on any atom is -0.289 e. The Labute approximate surface area is 128 Å². The number of pyridine rings is 1. The minimum absolute atomic E-state index is 0.131. The van der Waals surface area contributed by atoms with Gasteiger partial charge in [0, 0.05) is 23.2 Å². The van der Waals surface area contributed by atoms with Crippen LogP contribution in [0.3, 0.4) is 0 Å². The molecule has 2 fully saturated rings. The lowest BCUT2D eigenvalue weighted by atomic mass is 9.99. The van der Waals surface area contributed by atoms with Crippen LogP contribution in [-0.2, 0) is 0 Å². The summed E-state index contributed by atoms with van der Waals surface area (Å²) in [5.41, 5.74) is 2.13. The van der Waals surface area contributed by atoms with E-state index in [1.807, 2.05) is 30.0 Å². The molecule has 2 aromatic rings. The summed E-state index contributed by atoms with van der Waals surface area (Å²) in [7, 11) is 0. The van der Waals surface area contributed by atoms with Gasteiger partial charge in [0.05, 0.1) is 0 Å². The number of hydrogen-bond acceptors (Lipinski definition) is 4. The molecule has 110 valence electrons. The average molecular weight is 301 g/mol. The van der Waals surface area contributed by atoms with E-state index in [2.05, 4.69) is 9.97 Å². The van der Waals surface area contributed by atoms with Crippen molar-refractivity contribution < 1.29 is 0 Å². The molecule has 0 aromatic carbocycles. The summed E-state index contributed by atoms with van der Waals surface area (Å²) in [4.78, 5) is 21.8. The molecule has 0 aliphatic heterocycles. The van der Waals surface area contributed by atoms with Crippen LogP contribution < -0.4 is 5.56 Å². The molecule has 0 bridgehead atoms. The molecule has 0 radical (unpaired) electrons. The van der Waals surface area contributed by atoms with Crippen LogP contribution in [0.4, 0.5) is 0 Å². The second-order valence-corrected chi connectivity index (χ2v) is 7.18. The zero-order chi connectivity index (χ0) is 14.6. The summed E-state index contributed by atoms with van der Waals surface area (Å²) in [6.07, 6.45) is 9.95. The second kappa shape index (κ2) is 4.57. The van der Waals surface area contributed by atoms with Crippen LogP contribution in [-0.4, -0.2) is 20.8 Å². The highest BCUT2D eigenvalue weighted by molar-refractivity contribution is 7.98. The van der Waals surface area contributed by atoms with E-state index in [1.165, 1.54) is 37.4 Å². The van der Waals surface area contributed by atoms with Crippen molar-refractivity contribution in [2.45, 2.75) is 50.2 Å². The van der Waals surface area contributed by atoms with Gasteiger partial charge in [-0.3, -0.25) is 9.36 Å². The van der Waals surface area contributed by atoms with E-state index < -0.39 is 0 Å². The quantitative estimate of drug-likeness (QED) is 0.630. The van der Waals surface area contributed by atoms with Gasteiger partial charge >= 0.3 is 0 Å². The van der Waals surface area contributed by atoms with Gasteiger partial charge in [0.1, 0.15) is 5.65 Å². The molecule has 1 spiro atoms. The normalized spacial score (nSPS) is 23.0. The number of thioether (sulfide) groups is 1. The molecule has 2 heterocycles. The number of aryl methyl sites for hydroxylation is 1. The number of hydrogen-bond donors (Lipinski definition) is 0. The van der Waals surface area contributed by atoms with Gasteiger partial charge in [-0.2, -0.15) is 0 Å². The summed E-state index contributed by atoms with van der Waals surface area (Å²) in [5.74, 6) is 0. The van der Waals surface area contributed by atoms with Crippen LogP contribution in [0.15, 0.2) is 22.2 Å². The van der Waals surface area contributed by atoms with E-state index in [9.17, 15) is 4.79 Å². The zero-order valence-corrected chi connectivity index (χ0v) is 13.2. The molecule has 1 atom stereocenters. The molecule has 2 saturated carbocycles. The Hall–Kier alpha value is -1.36. The van der Waals surface area contributed by atoms with E-state index in [1.54, 1.807) is 0 Å². The number of nitrogens with zero attached hydrogens (tertiary/aromatic N) is 3. The number of fused-ring (bicyclic) bond motifs is 1. The predicted octanol–water partition coefficient (Wildman–Crippen LogP) is 3.33. The van der Waals surface area contributed by atoms with Crippen LogP contribution in [0.5, 0.6) is 0 Å². The fraction of sp³-hybridized carbons (Fsp3) is 0.562. The standard InChI is InChI=1S/C16H19N3OS/c1-10-8-11-9-17-15(21-2)18-13(11)19(14(10)20)12-4-3-5-16(12)6-7-16/h8-9,12H,3-7H2,1-2H3. The Morgan fingerprint density at radius 3 is 2.90 bits per heavy atom. The number of aromatic nitrogens is 3. The molecule has 21 heavy (non-hydrogen) atoms. The molecule has 0 saturated heterocycles. The molecule has 2 aliphatic carbocycles. The average Bonchev–Trinajstić information content (AvgIpc) is 3.14. The lowest BCUT2D eigenvalue weighted by Crippen LogP contribution is -2.30. The highest BCUT2D eigenvalue weighted by Crippen LogP contribution is 2.63. The zero-order valence-electron chi connectivity index (χ0n) is 12.4. The van der Waals surface area contributed by atoms with E-state index >= 15 is 0 Å². The van der Waals surface area contributed by atoms with Gasteiger partial charge in [-0.1, -0.05) is 18.2 Å². The summed E-state index contributed by atoms with van der Waals surface area (Å²) in [5, 5.41) is 1.72. The Kier molecular flexibility index (Phi) is 2.89. The van der Waals surface area contributed by atoms with Crippen LogP contribution in [0.1, 0.15) is 43.7 Å². The van der Waals surface area contributed by atoms with Gasteiger partial charge in [0.25, 0.3) is 5.56 Å². The maximum absolute atomic E-state index is 12.8. The SMILES string of the molecule is CSc1ncc2cc(C)c(=O)n(C3CCCC34CC4)c2n1. The maximum Gasteiger partial charge on any atom is 0.255 e. The fourth-order valence-corrected chi connectivity index (χ4v) is 4.23. The van der Waals surface area contributed by atoms with Crippen molar-refractivity contribution in [3.05, 3.63) is 28.2 Å². The molecule has 0 amide bonds. The van der Waals surface area contributed by atoms with Crippen molar-refractivity contribution in [3.63, 3.8) is 0 Å². The van der Waals surface area contributed by atoms with E-state index in [0.717, 1.165) is 28.2 Å². The third-order valence-electron chi connectivity index (χ3n) is 5.18. The highest BCUT2D eigenvalue weighted by atomic mass is 32.2. The van der Waals surface area contributed by atoms with Crippen molar-refractivity contribution in [1.29, 1.82) is 0 Å². The molecular weight excluding hydrogens is 282 g/mol. The molecule has 4 nitrogen and oxygen atoms in total. The van der Waals surface area contributed by atoms with Crippen molar-refractivity contribution in [2.24, 2.45) is 5.41 Å². The van der Waals surface area contributed by atoms with Crippen LogP contribution in [0.2, 0.25) is 0 Å². The van der Waals surface area contributed by atoms with Crippen molar-refractivity contribution in [1.82, 2.24) is 14.5 Å². The third-order valence-corrected chi connectivity index (χ3v) is 5.74. The topological polar surface area (TPSA) is 47.8 Å². The van der Waals surface area contributed by atoms with Gasteiger partial charge in [0.2, 0.25) is 0 Å². The Balaban J connectivity index is 2.01. The Morgan fingerprint density at radius 2 is 2.19 bits per heavy atom. The van der Waals surface area contributed by atoms with Gasteiger partial charge in [0.15, 0.2) is 5.16 Å². The third kappa shape index (κ3) is 1.94. The number of rotatable bonds is 2. The van der Waals surface area contributed by atoms with Crippen LogP contribution in [0, 0.1) is 12.3 Å². The predicted molar refractivity (Wildman–Crippen MR) is 84.9 cm³/mol. The molecule has 4 rings (SSSR count). The molecule has 5 heteroatoms. The monoisotopic (exact) mass is 301 g/mol. The van der Waals surface area contributed by atoms with E-state index in [-0.39, 0.29) is 5.56 Å². The first-order chi connectivity index (χ1) is 10.1. The summed E-state index contributed by atoms with van der Waals surface area (Å²) in [6, 6.07) is 2.25. The summed E-state index contributed by atoms with van der Waals surface area (Å²) < 4.78 is 1.99. The Bertz CT molecular complexity index is 779. The van der Waals surface area contributed by atoms with Crippen molar-refractivity contribution in [2.75, 3.05) is 6.26 Å².